The van der Waals surface area contributed by atoms with Crippen LogP contribution in [0.2, 0.25) is 0 Å². The molecule has 0 aliphatic rings. The van der Waals surface area contributed by atoms with Gasteiger partial charge in [-0.15, -0.1) is 0 Å². The zero-order valence-corrected chi connectivity index (χ0v) is 15.9. The molecule has 25 heavy (non-hydrogen) atoms. The number of phosphoric ester groups is 1. The third kappa shape index (κ3) is 20.0. The molecule has 0 bridgehead atoms. The Morgan fingerprint density at radius 1 is 0.600 bits per heavy atom. The summed E-state index contributed by atoms with van der Waals surface area (Å²) in [4.78, 5) is 10.8. The molecule has 0 rings (SSSR count). The van der Waals surface area contributed by atoms with Gasteiger partial charge >= 0.3 is 0 Å². The highest BCUT2D eigenvalue weighted by atomic mass is 31.2. The molecule has 0 aliphatic carbocycles. The molecule has 0 heterocycles. The van der Waals surface area contributed by atoms with Gasteiger partial charge in [-0.05, 0) is 0 Å². The van der Waals surface area contributed by atoms with Crippen molar-refractivity contribution in [2.24, 2.45) is 0 Å². The van der Waals surface area contributed by atoms with Crippen molar-refractivity contribution in [3.05, 3.63) is 0 Å². The molecule has 0 amide bonds. The molecular weight excluding hydrogens is 359 g/mol. The molecule has 0 saturated carbocycles. The van der Waals surface area contributed by atoms with Crippen LogP contribution in [0.4, 0.5) is 0 Å². The first-order chi connectivity index (χ1) is 12.1. The Morgan fingerprint density at radius 2 is 0.920 bits per heavy atom. The Labute approximate surface area is 149 Å². The van der Waals surface area contributed by atoms with Gasteiger partial charge < -0.3 is 42.4 Å². The van der Waals surface area contributed by atoms with Crippen molar-refractivity contribution < 1.29 is 46.9 Å². The van der Waals surface area contributed by atoms with E-state index in [2.05, 4.69) is 9.05 Å². The van der Waals surface area contributed by atoms with E-state index in [-0.39, 0.29) is 13.2 Å². The molecule has 0 aromatic rings. The molecular formula is C14H30O10P-. The van der Waals surface area contributed by atoms with Crippen molar-refractivity contribution in [2.75, 3.05) is 93.5 Å². The summed E-state index contributed by atoms with van der Waals surface area (Å²) in [5.74, 6) is 0. The van der Waals surface area contributed by atoms with E-state index >= 15 is 0 Å². The van der Waals surface area contributed by atoms with Gasteiger partial charge in [0.25, 0.3) is 7.82 Å². The highest BCUT2D eigenvalue weighted by Crippen LogP contribution is 2.36. The van der Waals surface area contributed by atoms with E-state index in [1.54, 1.807) is 7.11 Å². The Morgan fingerprint density at radius 3 is 1.24 bits per heavy atom. The van der Waals surface area contributed by atoms with E-state index in [1.165, 1.54) is 0 Å². The van der Waals surface area contributed by atoms with Crippen molar-refractivity contribution in [3.63, 3.8) is 0 Å². The lowest BCUT2D eigenvalue weighted by Crippen LogP contribution is -2.15. The third-order valence-corrected chi connectivity index (χ3v) is 3.57. The van der Waals surface area contributed by atoms with Gasteiger partial charge in [-0.2, -0.15) is 0 Å². The van der Waals surface area contributed by atoms with Crippen LogP contribution in [0.25, 0.3) is 0 Å². The Bertz CT molecular complexity index is 318. The van der Waals surface area contributed by atoms with Crippen LogP contribution in [0.1, 0.15) is 0 Å². The van der Waals surface area contributed by atoms with Gasteiger partial charge in [-0.1, -0.05) is 0 Å². The van der Waals surface area contributed by atoms with E-state index in [0.29, 0.717) is 66.1 Å². The Kier molecular flexibility index (Phi) is 18.6. The van der Waals surface area contributed by atoms with Gasteiger partial charge in [0.1, 0.15) is 0 Å². The summed E-state index contributed by atoms with van der Waals surface area (Å²) in [5.41, 5.74) is 0. The lowest BCUT2D eigenvalue weighted by molar-refractivity contribution is -0.223. The van der Waals surface area contributed by atoms with Crippen LogP contribution < -0.4 is 4.89 Å². The van der Waals surface area contributed by atoms with Crippen LogP contribution in [0, 0.1) is 0 Å². The molecule has 0 N–H and O–H groups in total. The first-order valence-corrected chi connectivity index (χ1v) is 9.47. The number of rotatable bonds is 20. The molecule has 0 aromatic carbocycles. The van der Waals surface area contributed by atoms with E-state index in [1.807, 2.05) is 0 Å². The predicted octanol–water partition coefficient (Wildman–Crippen LogP) is -0.153. The summed E-state index contributed by atoms with van der Waals surface area (Å²) in [7, 11) is -1.50. The molecule has 1 unspecified atom stereocenters. The zero-order valence-electron chi connectivity index (χ0n) is 15.0. The summed E-state index contributed by atoms with van der Waals surface area (Å²) in [6.07, 6.45) is 0. The molecule has 10 nitrogen and oxygen atoms in total. The summed E-state index contributed by atoms with van der Waals surface area (Å²) in [5, 5.41) is 0. The lowest BCUT2D eigenvalue weighted by atomic mass is 10.7. The van der Waals surface area contributed by atoms with Crippen molar-refractivity contribution in [1.29, 1.82) is 0 Å². The molecule has 152 valence electrons. The number of ether oxygens (including phenoxy) is 6. The minimum atomic E-state index is -4.16. The summed E-state index contributed by atoms with van der Waals surface area (Å²) in [6, 6.07) is 0. The highest BCUT2D eigenvalue weighted by Gasteiger charge is 2.04. The van der Waals surface area contributed by atoms with Gasteiger partial charge in [-0.3, -0.25) is 4.57 Å². The standard InChI is InChI=1S/C14H31O10P/c1-17-3-4-19-5-6-20-7-8-21-9-10-22-11-12-23-13-14-24-25(15,16)18-2/h3-14H2,1-2H3,(H,15,16)/p-1. The molecule has 0 fully saturated rings. The average Bonchev–Trinajstić information content (AvgIpc) is 2.60. The van der Waals surface area contributed by atoms with E-state index < -0.39 is 7.82 Å². The lowest BCUT2D eigenvalue weighted by Gasteiger charge is -2.19. The van der Waals surface area contributed by atoms with Crippen LogP contribution in [0.5, 0.6) is 0 Å². The Balaban J connectivity index is 3.06. The second kappa shape index (κ2) is 18.7. The smallest absolute Gasteiger partial charge is 0.267 e. The quantitative estimate of drug-likeness (QED) is 0.206. The first-order valence-electron chi connectivity index (χ1n) is 8.01. The fourth-order valence-electron chi connectivity index (χ4n) is 1.38. The molecule has 0 aliphatic heterocycles. The van der Waals surface area contributed by atoms with Gasteiger partial charge in [0, 0.05) is 14.2 Å². The maximum absolute atomic E-state index is 10.8. The second-order valence-corrected chi connectivity index (χ2v) is 6.04. The van der Waals surface area contributed by atoms with Crippen LogP contribution in [-0.2, 0) is 42.0 Å². The summed E-state index contributed by atoms with van der Waals surface area (Å²) >= 11 is 0. The molecule has 0 spiro atoms. The van der Waals surface area contributed by atoms with Gasteiger partial charge in [-0.25, -0.2) is 0 Å². The van der Waals surface area contributed by atoms with Crippen molar-refractivity contribution in [1.82, 2.24) is 0 Å². The number of hydrogen-bond donors (Lipinski definition) is 0. The molecule has 0 aromatic heterocycles. The zero-order chi connectivity index (χ0) is 18.6. The SMILES string of the molecule is COCCOCCOCCOCCOCCOCCOP(=O)([O-])OC. The normalized spacial score (nSPS) is 13.9. The van der Waals surface area contributed by atoms with Crippen LogP contribution >= 0.6 is 7.82 Å². The van der Waals surface area contributed by atoms with E-state index in [4.69, 9.17) is 28.4 Å². The van der Waals surface area contributed by atoms with Crippen molar-refractivity contribution in [3.8, 4) is 0 Å². The topological polar surface area (TPSA) is 114 Å². The van der Waals surface area contributed by atoms with Crippen molar-refractivity contribution in [2.45, 2.75) is 0 Å². The number of methoxy groups -OCH3 is 1. The van der Waals surface area contributed by atoms with Gasteiger partial charge in [0.05, 0.1) is 79.3 Å². The Hall–Kier alpha value is -0.130. The third-order valence-electron chi connectivity index (χ3n) is 2.62. The van der Waals surface area contributed by atoms with Crippen LogP contribution in [0.3, 0.4) is 0 Å². The van der Waals surface area contributed by atoms with E-state index in [9.17, 15) is 9.46 Å². The first kappa shape index (κ1) is 24.9. The fourth-order valence-corrected chi connectivity index (χ4v) is 1.79. The molecule has 11 heteroatoms. The maximum atomic E-state index is 10.8. The largest absolute Gasteiger partial charge is 0.756 e. The predicted molar refractivity (Wildman–Crippen MR) is 86.5 cm³/mol. The van der Waals surface area contributed by atoms with Gasteiger partial charge in [0.2, 0.25) is 0 Å². The van der Waals surface area contributed by atoms with Crippen molar-refractivity contribution >= 4 is 7.82 Å². The summed E-state index contributed by atoms with van der Waals surface area (Å²) < 4.78 is 50.6. The van der Waals surface area contributed by atoms with E-state index in [0.717, 1.165) is 7.11 Å². The fraction of sp³-hybridized carbons (Fsp3) is 1.00. The number of hydrogen-bond acceptors (Lipinski definition) is 10. The number of phosphoric acid groups is 1. The minimum absolute atomic E-state index is 0.0881. The second-order valence-electron chi connectivity index (χ2n) is 4.52. The average molecular weight is 389 g/mol. The summed E-state index contributed by atoms with van der Waals surface area (Å²) in [6.45, 7) is 4.89. The monoisotopic (exact) mass is 389 g/mol. The molecule has 0 saturated heterocycles. The van der Waals surface area contributed by atoms with Gasteiger partial charge in [0.15, 0.2) is 0 Å². The molecule has 0 radical (unpaired) electrons. The van der Waals surface area contributed by atoms with Crippen LogP contribution in [0.15, 0.2) is 0 Å². The maximum Gasteiger partial charge on any atom is 0.267 e. The minimum Gasteiger partial charge on any atom is -0.756 e. The highest BCUT2D eigenvalue weighted by molar-refractivity contribution is 7.45. The molecule has 1 atom stereocenters. The van der Waals surface area contributed by atoms with Crippen LogP contribution in [-0.4, -0.2) is 93.5 Å².